The summed E-state index contributed by atoms with van der Waals surface area (Å²) >= 11 is 0. The van der Waals surface area contributed by atoms with Gasteiger partial charge in [-0.25, -0.2) is 4.39 Å². The summed E-state index contributed by atoms with van der Waals surface area (Å²) in [7, 11) is 0. The molecule has 0 spiro atoms. The largest absolute Gasteiger partial charge is 0.389 e. The van der Waals surface area contributed by atoms with Crippen LogP contribution in [0.25, 0.3) is 0 Å². The number of nitrogens with zero attached hydrogens (tertiary/aromatic N) is 1. The number of hydrogen-bond acceptors (Lipinski definition) is 3. The Hall–Kier alpha value is -1.44. The van der Waals surface area contributed by atoms with Crippen LogP contribution in [0, 0.1) is 17.1 Å². The molecule has 0 aliphatic carbocycles. The molecule has 0 aliphatic heterocycles. The summed E-state index contributed by atoms with van der Waals surface area (Å²) in [5.74, 6) is -0.393. The van der Waals surface area contributed by atoms with E-state index >= 15 is 0 Å². The van der Waals surface area contributed by atoms with Crippen LogP contribution in [0.4, 0.5) is 4.39 Å². The van der Waals surface area contributed by atoms with Gasteiger partial charge in [-0.15, -0.1) is 0 Å². The lowest BCUT2D eigenvalue weighted by molar-refractivity contribution is 0.0302. The Morgan fingerprint density at radius 1 is 1.42 bits per heavy atom. The Morgan fingerprint density at radius 2 is 2.05 bits per heavy atom. The minimum absolute atomic E-state index is 0.211. The predicted molar refractivity (Wildman–Crippen MR) is 73.1 cm³/mol. The van der Waals surface area contributed by atoms with Crippen LogP contribution in [0.1, 0.15) is 50.8 Å². The van der Waals surface area contributed by atoms with E-state index in [1.165, 1.54) is 6.07 Å². The molecule has 0 heterocycles. The van der Waals surface area contributed by atoms with Gasteiger partial charge in [0.25, 0.3) is 0 Å². The summed E-state index contributed by atoms with van der Waals surface area (Å²) in [5.41, 5.74) is 0.0674. The average molecular weight is 264 g/mol. The van der Waals surface area contributed by atoms with Crippen LogP contribution in [0.3, 0.4) is 0 Å². The molecule has 3 nitrogen and oxygen atoms in total. The lowest BCUT2D eigenvalue weighted by Crippen LogP contribution is -2.40. The van der Waals surface area contributed by atoms with Gasteiger partial charge in [-0.2, -0.15) is 5.26 Å². The zero-order valence-corrected chi connectivity index (χ0v) is 11.7. The molecule has 1 aromatic rings. The molecular weight excluding hydrogens is 243 g/mol. The molecule has 0 aliphatic rings. The predicted octanol–water partition coefficient (Wildman–Crippen LogP) is 2.90. The zero-order chi connectivity index (χ0) is 14.5. The average Bonchev–Trinajstić information content (AvgIpc) is 2.44. The number of halogens is 1. The van der Waals surface area contributed by atoms with E-state index in [1.54, 1.807) is 12.1 Å². The van der Waals surface area contributed by atoms with Gasteiger partial charge >= 0.3 is 0 Å². The van der Waals surface area contributed by atoms with Crippen LogP contribution in [0.2, 0.25) is 0 Å². The smallest absolute Gasteiger partial charge is 0.129 e. The lowest BCUT2D eigenvalue weighted by Gasteiger charge is -2.27. The standard InChI is InChI=1S/C15H21FN2O/c1-4-15(19,5-2)10-18-11(3)13-7-6-12(9-17)8-14(13)16/h6-8,11,18-19H,4-5,10H2,1-3H3. The minimum atomic E-state index is -0.753. The van der Waals surface area contributed by atoms with Crippen molar-refractivity contribution in [1.29, 1.82) is 5.26 Å². The maximum atomic E-state index is 13.8. The number of rotatable bonds is 6. The first-order valence-corrected chi connectivity index (χ1v) is 6.61. The Labute approximate surface area is 114 Å². The van der Waals surface area contributed by atoms with E-state index in [4.69, 9.17) is 5.26 Å². The fraction of sp³-hybridized carbons (Fsp3) is 0.533. The highest BCUT2D eigenvalue weighted by molar-refractivity contribution is 5.34. The van der Waals surface area contributed by atoms with Crippen LogP contribution >= 0.6 is 0 Å². The molecule has 1 aromatic carbocycles. The second-order valence-electron chi connectivity index (χ2n) is 4.88. The Kier molecular flexibility index (Phi) is 5.46. The van der Waals surface area contributed by atoms with Gasteiger partial charge in [0.05, 0.1) is 17.2 Å². The van der Waals surface area contributed by atoms with Gasteiger partial charge in [-0.05, 0) is 31.9 Å². The summed E-state index contributed by atoms with van der Waals surface area (Å²) in [6.07, 6.45) is 1.30. The molecule has 2 N–H and O–H groups in total. The highest BCUT2D eigenvalue weighted by Gasteiger charge is 2.23. The molecule has 0 aromatic heterocycles. The number of hydrogen-bond donors (Lipinski definition) is 2. The van der Waals surface area contributed by atoms with Crippen molar-refractivity contribution in [1.82, 2.24) is 5.32 Å². The molecule has 0 radical (unpaired) electrons. The third-order valence-electron chi connectivity index (χ3n) is 3.65. The first-order chi connectivity index (χ1) is 8.95. The van der Waals surface area contributed by atoms with Crippen molar-refractivity contribution in [3.05, 3.63) is 35.1 Å². The van der Waals surface area contributed by atoms with Crippen LogP contribution in [-0.4, -0.2) is 17.3 Å². The molecule has 0 saturated carbocycles. The van der Waals surface area contributed by atoms with Crippen LogP contribution in [-0.2, 0) is 0 Å². The fourth-order valence-electron chi connectivity index (χ4n) is 1.90. The molecule has 0 bridgehead atoms. The maximum Gasteiger partial charge on any atom is 0.129 e. The minimum Gasteiger partial charge on any atom is -0.389 e. The normalized spacial score (nSPS) is 13.1. The summed E-state index contributed by atoms with van der Waals surface area (Å²) in [5, 5.41) is 22.0. The number of aliphatic hydroxyl groups is 1. The monoisotopic (exact) mass is 264 g/mol. The van der Waals surface area contributed by atoms with E-state index in [0.29, 0.717) is 30.5 Å². The molecule has 1 unspecified atom stereocenters. The summed E-state index contributed by atoms with van der Waals surface area (Å²) < 4.78 is 13.8. The van der Waals surface area contributed by atoms with Crippen molar-refractivity contribution >= 4 is 0 Å². The summed E-state index contributed by atoms with van der Waals surface area (Å²) in [4.78, 5) is 0. The molecular formula is C15H21FN2O. The van der Waals surface area contributed by atoms with Gasteiger partial charge in [0.2, 0.25) is 0 Å². The van der Waals surface area contributed by atoms with E-state index in [-0.39, 0.29) is 6.04 Å². The van der Waals surface area contributed by atoms with Crippen molar-refractivity contribution in [2.24, 2.45) is 0 Å². The van der Waals surface area contributed by atoms with Gasteiger partial charge in [-0.1, -0.05) is 19.9 Å². The van der Waals surface area contributed by atoms with Crippen LogP contribution < -0.4 is 5.32 Å². The van der Waals surface area contributed by atoms with E-state index in [0.717, 1.165) is 0 Å². The first kappa shape index (κ1) is 15.6. The van der Waals surface area contributed by atoms with Gasteiger partial charge in [0.1, 0.15) is 5.82 Å². The molecule has 1 rings (SSSR count). The highest BCUT2D eigenvalue weighted by Crippen LogP contribution is 2.20. The van der Waals surface area contributed by atoms with Gasteiger partial charge in [-0.3, -0.25) is 0 Å². The van der Waals surface area contributed by atoms with E-state index in [1.807, 2.05) is 26.8 Å². The molecule has 0 fully saturated rings. The quantitative estimate of drug-likeness (QED) is 0.830. The number of nitrogens with one attached hydrogen (secondary N) is 1. The number of nitriles is 1. The third kappa shape index (κ3) is 4.02. The fourth-order valence-corrected chi connectivity index (χ4v) is 1.90. The number of benzene rings is 1. The molecule has 104 valence electrons. The lowest BCUT2D eigenvalue weighted by atomic mass is 9.96. The highest BCUT2D eigenvalue weighted by atomic mass is 19.1. The third-order valence-corrected chi connectivity index (χ3v) is 3.65. The van der Waals surface area contributed by atoms with Gasteiger partial charge in [0, 0.05) is 18.2 Å². The SMILES string of the molecule is CCC(O)(CC)CNC(C)c1ccc(C#N)cc1F. The Morgan fingerprint density at radius 3 is 2.53 bits per heavy atom. The van der Waals surface area contributed by atoms with Crippen LogP contribution in [0.5, 0.6) is 0 Å². The Balaban J connectivity index is 2.74. The molecule has 19 heavy (non-hydrogen) atoms. The zero-order valence-electron chi connectivity index (χ0n) is 11.7. The van der Waals surface area contributed by atoms with E-state index in [9.17, 15) is 9.50 Å². The molecule has 4 heteroatoms. The van der Waals surface area contributed by atoms with Crippen LogP contribution in [0.15, 0.2) is 18.2 Å². The van der Waals surface area contributed by atoms with Crippen molar-refractivity contribution in [3.8, 4) is 6.07 Å². The van der Waals surface area contributed by atoms with E-state index < -0.39 is 11.4 Å². The molecule has 0 amide bonds. The topological polar surface area (TPSA) is 56.0 Å². The maximum absolute atomic E-state index is 13.8. The van der Waals surface area contributed by atoms with Crippen molar-refractivity contribution in [2.75, 3.05) is 6.54 Å². The summed E-state index contributed by atoms with van der Waals surface area (Å²) in [6, 6.07) is 6.15. The first-order valence-electron chi connectivity index (χ1n) is 6.61. The second-order valence-corrected chi connectivity index (χ2v) is 4.88. The summed E-state index contributed by atoms with van der Waals surface area (Å²) in [6.45, 7) is 6.12. The van der Waals surface area contributed by atoms with Crippen molar-refractivity contribution < 1.29 is 9.50 Å². The van der Waals surface area contributed by atoms with Crippen molar-refractivity contribution in [3.63, 3.8) is 0 Å². The molecule has 1 atom stereocenters. The van der Waals surface area contributed by atoms with Crippen molar-refractivity contribution in [2.45, 2.75) is 45.3 Å². The second kappa shape index (κ2) is 6.65. The van der Waals surface area contributed by atoms with Gasteiger partial charge < -0.3 is 10.4 Å². The Bertz CT molecular complexity index is 464. The van der Waals surface area contributed by atoms with E-state index in [2.05, 4.69) is 5.32 Å². The van der Waals surface area contributed by atoms with Gasteiger partial charge in [0.15, 0.2) is 0 Å². The molecule has 0 saturated heterocycles.